The van der Waals surface area contributed by atoms with Crippen LogP contribution in [0.1, 0.15) is 31.7 Å². The number of amides is 1. The summed E-state index contributed by atoms with van der Waals surface area (Å²) in [6.45, 7) is 8.38. The van der Waals surface area contributed by atoms with Crippen LogP contribution < -0.4 is 16.0 Å². The number of methoxy groups -OCH3 is 2. The van der Waals surface area contributed by atoms with Crippen molar-refractivity contribution in [3.8, 4) is 10.6 Å². The molecular weight excluding hydrogens is 510 g/mol. The van der Waals surface area contributed by atoms with Crippen molar-refractivity contribution in [1.82, 2.24) is 25.3 Å². The smallest absolute Gasteiger partial charge is 0.407 e. The predicted molar refractivity (Wildman–Crippen MR) is 145 cm³/mol. The minimum atomic E-state index is -1.10. The number of fused-ring (bicyclic) bond motifs is 1. The number of aryl methyl sites for hydroxylation is 2. The van der Waals surface area contributed by atoms with E-state index in [-0.39, 0.29) is 0 Å². The number of aliphatic hydroxyl groups excluding tert-OH is 2. The highest BCUT2D eigenvalue weighted by Crippen LogP contribution is 2.40. The third-order valence-corrected chi connectivity index (χ3v) is 7.96. The molecule has 38 heavy (non-hydrogen) atoms. The van der Waals surface area contributed by atoms with E-state index in [2.05, 4.69) is 25.9 Å². The lowest BCUT2D eigenvalue weighted by atomic mass is 9.84. The van der Waals surface area contributed by atoms with Crippen molar-refractivity contribution in [3.05, 3.63) is 23.7 Å². The van der Waals surface area contributed by atoms with E-state index in [0.29, 0.717) is 42.6 Å². The second-order valence-corrected chi connectivity index (χ2v) is 11.0. The van der Waals surface area contributed by atoms with Crippen LogP contribution in [0, 0.1) is 19.8 Å². The Morgan fingerprint density at radius 2 is 1.92 bits per heavy atom. The molecule has 5 N–H and O–H groups in total. The Balaban J connectivity index is 1.70. The summed E-state index contributed by atoms with van der Waals surface area (Å²) in [6.07, 6.45) is -0.660. The van der Waals surface area contributed by atoms with Crippen LogP contribution in [0.5, 0.6) is 0 Å². The van der Waals surface area contributed by atoms with E-state index >= 15 is 0 Å². The zero-order valence-electron chi connectivity index (χ0n) is 22.4. The molecule has 0 aliphatic heterocycles. The highest BCUT2D eigenvalue weighted by molar-refractivity contribution is 7.21. The Hall–Kier alpha value is -3.13. The summed E-state index contributed by atoms with van der Waals surface area (Å²) in [7, 11) is 2.90. The lowest BCUT2D eigenvalue weighted by Crippen LogP contribution is -2.52. The van der Waals surface area contributed by atoms with Gasteiger partial charge in [-0.15, -0.1) is 11.3 Å². The summed E-state index contributed by atoms with van der Waals surface area (Å²) in [5.41, 5.74) is 2.21. The van der Waals surface area contributed by atoms with Gasteiger partial charge < -0.3 is 35.6 Å². The molecule has 4 atom stereocenters. The minimum Gasteiger partial charge on any atom is -0.453 e. The van der Waals surface area contributed by atoms with Gasteiger partial charge in [0.25, 0.3) is 0 Å². The molecule has 12 nitrogen and oxygen atoms in total. The molecule has 0 saturated heterocycles. The van der Waals surface area contributed by atoms with Crippen molar-refractivity contribution in [2.75, 3.05) is 38.0 Å². The predicted octanol–water partition coefficient (Wildman–Crippen LogP) is 2.48. The quantitative estimate of drug-likeness (QED) is 0.251. The maximum absolute atomic E-state index is 11.9. The van der Waals surface area contributed by atoms with Crippen LogP contribution in [0.4, 0.5) is 16.6 Å². The van der Waals surface area contributed by atoms with E-state index in [9.17, 15) is 15.0 Å². The van der Waals surface area contributed by atoms with Gasteiger partial charge in [-0.2, -0.15) is 4.98 Å². The zero-order chi connectivity index (χ0) is 27.6. The van der Waals surface area contributed by atoms with Crippen molar-refractivity contribution in [2.45, 2.75) is 57.9 Å². The van der Waals surface area contributed by atoms with Crippen LogP contribution in [0.2, 0.25) is 0 Å². The number of carbonyl (C=O) groups excluding carboxylic acids is 1. The van der Waals surface area contributed by atoms with Gasteiger partial charge >= 0.3 is 6.09 Å². The van der Waals surface area contributed by atoms with Crippen molar-refractivity contribution in [3.63, 3.8) is 0 Å². The SMILES string of the molecule is COCCNc1nc(C)c(-c2nc3c(C)nccc3s2)c(N[C@@H]2C[C@H](C(C)(C)NC(=O)OC)[C@@H](O)[C@H]2O)n1. The van der Waals surface area contributed by atoms with E-state index in [0.717, 1.165) is 20.9 Å². The molecule has 13 heteroatoms. The van der Waals surface area contributed by atoms with Gasteiger partial charge in [-0.25, -0.2) is 14.8 Å². The normalized spacial score (nSPS) is 21.5. The van der Waals surface area contributed by atoms with Crippen LogP contribution in [-0.2, 0) is 9.47 Å². The third-order valence-electron chi connectivity index (χ3n) is 6.92. The number of thiazole rings is 1. The summed E-state index contributed by atoms with van der Waals surface area (Å²) in [5.74, 6) is 0.440. The van der Waals surface area contributed by atoms with E-state index in [1.807, 2.05) is 19.9 Å². The van der Waals surface area contributed by atoms with Crippen LogP contribution in [0.3, 0.4) is 0 Å². The number of rotatable bonds is 9. The molecule has 1 fully saturated rings. The number of carbonyl (C=O) groups is 1. The molecule has 0 bridgehead atoms. The number of ether oxygens (including phenoxy) is 2. The molecule has 0 aromatic carbocycles. The Labute approximate surface area is 225 Å². The zero-order valence-corrected chi connectivity index (χ0v) is 23.2. The van der Waals surface area contributed by atoms with Crippen molar-refractivity contribution >= 4 is 39.4 Å². The maximum Gasteiger partial charge on any atom is 0.407 e. The molecule has 1 amide bonds. The summed E-state index contributed by atoms with van der Waals surface area (Å²) in [5, 5.41) is 32.0. The lowest BCUT2D eigenvalue weighted by molar-refractivity contribution is -0.00233. The van der Waals surface area contributed by atoms with Gasteiger partial charge in [-0.05, 0) is 40.2 Å². The second kappa shape index (κ2) is 11.3. The van der Waals surface area contributed by atoms with Gasteiger partial charge in [-0.3, -0.25) is 4.98 Å². The average Bonchev–Trinajstić information content (AvgIpc) is 3.41. The number of aliphatic hydroxyl groups is 2. The van der Waals surface area contributed by atoms with Gasteiger partial charge in [0, 0.05) is 31.3 Å². The fourth-order valence-corrected chi connectivity index (χ4v) is 5.95. The maximum atomic E-state index is 11.9. The number of pyridine rings is 1. The molecule has 1 aliphatic carbocycles. The van der Waals surface area contributed by atoms with Crippen molar-refractivity contribution in [2.24, 2.45) is 5.92 Å². The van der Waals surface area contributed by atoms with Crippen LogP contribution in [0.15, 0.2) is 12.3 Å². The first kappa shape index (κ1) is 27.9. The molecule has 206 valence electrons. The standard InChI is InChI=1S/C25H35N7O5S/c1-12-17(22-30-18-13(2)26-8-7-16(18)38-22)21(31-23(28-12)27-9-10-36-5)29-15-11-14(19(33)20(15)34)25(3,4)32-24(35)37-6/h7-8,14-15,19-20,33-34H,9-11H2,1-6H3,(H,32,35)(H2,27,28,29,31)/t14-,15+,19+,20-/m0/s1. The van der Waals surface area contributed by atoms with E-state index in [1.54, 1.807) is 27.2 Å². The number of aromatic nitrogens is 4. The van der Waals surface area contributed by atoms with Crippen molar-refractivity contribution in [1.29, 1.82) is 0 Å². The van der Waals surface area contributed by atoms with Crippen LogP contribution in [-0.4, -0.2) is 87.4 Å². The average molecular weight is 546 g/mol. The number of alkyl carbamates (subject to hydrolysis) is 1. The summed E-state index contributed by atoms with van der Waals surface area (Å²) in [4.78, 5) is 30.4. The molecule has 1 aliphatic rings. The van der Waals surface area contributed by atoms with Gasteiger partial charge in [0.1, 0.15) is 22.4 Å². The highest BCUT2D eigenvalue weighted by atomic mass is 32.1. The van der Waals surface area contributed by atoms with Gasteiger partial charge in [0.15, 0.2) is 0 Å². The summed E-state index contributed by atoms with van der Waals surface area (Å²) in [6, 6.07) is 1.37. The lowest BCUT2D eigenvalue weighted by Gasteiger charge is -2.34. The number of hydrogen-bond acceptors (Lipinski definition) is 12. The highest BCUT2D eigenvalue weighted by Gasteiger charge is 2.49. The first-order chi connectivity index (χ1) is 18.1. The molecule has 4 rings (SSSR count). The Morgan fingerprint density at radius 1 is 1.16 bits per heavy atom. The molecule has 3 heterocycles. The van der Waals surface area contributed by atoms with Gasteiger partial charge in [-0.1, -0.05) is 0 Å². The molecule has 0 radical (unpaired) electrons. The van der Waals surface area contributed by atoms with Crippen LogP contribution in [0.25, 0.3) is 20.8 Å². The molecular formula is C25H35N7O5S. The topological polar surface area (TPSA) is 164 Å². The largest absolute Gasteiger partial charge is 0.453 e. The Bertz CT molecular complexity index is 1300. The Morgan fingerprint density at radius 3 is 2.61 bits per heavy atom. The molecule has 3 aromatic rings. The second-order valence-electron chi connectivity index (χ2n) is 9.95. The van der Waals surface area contributed by atoms with Crippen LogP contribution >= 0.6 is 11.3 Å². The number of nitrogens with zero attached hydrogens (tertiary/aromatic N) is 4. The number of nitrogens with one attached hydrogen (secondary N) is 3. The van der Waals surface area contributed by atoms with E-state index in [4.69, 9.17) is 19.4 Å². The van der Waals surface area contributed by atoms with Crippen molar-refractivity contribution < 1.29 is 24.5 Å². The van der Waals surface area contributed by atoms with Gasteiger partial charge in [0.05, 0.1) is 47.5 Å². The number of anilines is 2. The van der Waals surface area contributed by atoms with E-state index < -0.39 is 35.8 Å². The fraction of sp³-hybridized carbons (Fsp3) is 0.560. The molecule has 0 spiro atoms. The molecule has 0 unspecified atom stereocenters. The molecule has 3 aromatic heterocycles. The minimum absolute atomic E-state index is 0.372. The van der Waals surface area contributed by atoms with E-state index in [1.165, 1.54) is 18.4 Å². The van der Waals surface area contributed by atoms with Gasteiger partial charge in [0.2, 0.25) is 5.95 Å². The Kier molecular flexibility index (Phi) is 8.31. The molecule has 1 saturated carbocycles. The first-order valence-electron chi connectivity index (χ1n) is 12.4. The summed E-state index contributed by atoms with van der Waals surface area (Å²) < 4.78 is 10.9. The fourth-order valence-electron chi connectivity index (χ4n) is 4.84. The monoisotopic (exact) mass is 545 g/mol. The summed E-state index contributed by atoms with van der Waals surface area (Å²) >= 11 is 1.51. The third kappa shape index (κ3) is 5.65. The first-order valence-corrected chi connectivity index (χ1v) is 13.2. The number of hydrogen-bond donors (Lipinski definition) is 5.